The minimum atomic E-state index is 0.156. The number of rotatable bonds is 9. The number of hydrogen-bond acceptors (Lipinski definition) is 4. The lowest BCUT2D eigenvalue weighted by atomic mass is 10.1. The van der Waals surface area contributed by atoms with Crippen molar-refractivity contribution < 1.29 is 9.21 Å². The van der Waals surface area contributed by atoms with Crippen LogP contribution in [0, 0.1) is 18.8 Å². The smallest absolute Gasteiger partial charge is 0.234 e. The first-order valence-electron chi connectivity index (χ1n) is 9.27. The van der Waals surface area contributed by atoms with Gasteiger partial charge in [-0.15, -0.1) is 11.3 Å². The maximum absolute atomic E-state index is 12.7. The molecule has 5 heteroatoms. The Morgan fingerprint density at radius 1 is 1.24 bits per heavy atom. The number of furan rings is 1. The minimum absolute atomic E-state index is 0.156. The van der Waals surface area contributed by atoms with Crippen molar-refractivity contribution >= 4 is 17.2 Å². The molecule has 0 bridgehead atoms. The lowest BCUT2D eigenvalue weighted by Crippen LogP contribution is -2.43. The topological polar surface area (TPSA) is 45.5 Å². The van der Waals surface area contributed by atoms with Crippen molar-refractivity contribution in [2.24, 2.45) is 11.8 Å². The largest absolute Gasteiger partial charge is 0.468 e. The van der Waals surface area contributed by atoms with Crippen molar-refractivity contribution in [1.29, 1.82) is 0 Å². The van der Waals surface area contributed by atoms with Crippen LogP contribution in [0.4, 0.5) is 0 Å². The summed E-state index contributed by atoms with van der Waals surface area (Å²) in [6.07, 6.45) is 6.83. The third kappa shape index (κ3) is 4.73. The summed E-state index contributed by atoms with van der Waals surface area (Å²) < 4.78 is 5.50. The lowest BCUT2D eigenvalue weighted by molar-refractivity contribution is -0.123. The minimum Gasteiger partial charge on any atom is -0.468 e. The number of carbonyl (C=O) groups is 1. The van der Waals surface area contributed by atoms with Gasteiger partial charge in [-0.25, -0.2) is 0 Å². The SMILES string of the molecule is Cc1ccc(CN(CC(=O)NC(C2CC2)C2CC2)Cc2ccco2)s1. The van der Waals surface area contributed by atoms with Crippen LogP contribution >= 0.6 is 11.3 Å². The second-order valence-electron chi connectivity index (χ2n) is 7.51. The third-order valence-electron chi connectivity index (χ3n) is 5.09. The van der Waals surface area contributed by atoms with Crippen LogP contribution in [0.1, 0.15) is 41.2 Å². The van der Waals surface area contributed by atoms with Crippen molar-refractivity contribution in [3.63, 3.8) is 0 Å². The zero-order chi connectivity index (χ0) is 17.2. The van der Waals surface area contributed by atoms with E-state index in [1.807, 2.05) is 12.1 Å². The molecule has 25 heavy (non-hydrogen) atoms. The normalized spacial score (nSPS) is 17.4. The van der Waals surface area contributed by atoms with Crippen molar-refractivity contribution in [2.45, 2.75) is 51.7 Å². The van der Waals surface area contributed by atoms with E-state index in [4.69, 9.17) is 4.42 Å². The number of hydrogen-bond donors (Lipinski definition) is 1. The van der Waals surface area contributed by atoms with Gasteiger partial charge in [-0.1, -0.05) is 0 Å². The van der Waals surface area contributed by atoms with Gasteiger partial charge in [0, 0.05) is 22.3 Å². The predicted molar refractivity (Wildman–Crippen MR) is 99.3 cm³/mol. The Morgan fingerprint density at radius 2 is 2.00 bits per heavy atom. The number of carbonyl (C=O) groups excluding carboxylic acids is 1. The predicted octanol–water partition coefficient (Wildman–Crippen LogP) is 3.96. The summed E-state index contributed by atoms with van der Waals surface area (Å²) >= 11 is 1.80. The average Bonchev–Trinajstić information content (AvgIpc) is 3.50. The average molecular weight is 359 g/mol. The van der Waals surface area contributed by atoms with Gasteiger partial charge < -0.3 is 9.73 Å². The molecule has 134 valence electrons. The van der Waals surface area contributed by atoms with Gasteiger partial charge in [0.15, 0.2) is 0 Å². The Kier molecular flexibility index (Phi) is 4.95. The number of aryl methyl sites for hydroxylation is 1. The van der Waals surface area contributed by atoms with Crippen molar-refractivity contribution in [1.82, 2.24) is 10.2 Å². The maximum atomic E-state index is 12.7. The van der Waals surface area contributed by atoms with E-state index in [-0.39, 0.29) is 5.91 Å². The fraction of sp³-hybridized carbons (Fsp3) is 0.550. The van der Waals surface area contributed by atoms with E-state index in [0.717, 1.165) is 24.1 Å². The van der Waals surface area contributed by atoms with Crippen LogP contribution in [0.2, 0.25) is 0 Å². The molecule has 0 saturated heterocycles. The number of nitrogens with zero attached hydrogens (tertiary/aromatic N) is 1. The molecule has 2 aromatic rings. The van der Waals surface area contributed by atoms with Gasteiger partial charge in [0.05, 0.1) is 19.4 Å². The Morgan fingerprint density at radius 3 is 2.56 bits per heavy atom. The van der Waals surface area contributed by atoms with Crippen molar-refractivity contribution in [3.05, 3.63) is 46.0 Å². The third-order valence-corrected chi connectivity index (χ3v) is 6.08. The van der Waals surface area contributed by atoms with Gasteiger partial charge in [-0.05, 0) is 68.7 Å². The number of nitrogens with one attached hydrogen (secondary N) is 1. The summed E-state index contributed by atoms with van der Waals surface area (Å²) in [6, 6.07) is 8.59. The molecule has 2 heterocycles. The van der Waals surface area contributed by atoms with Gasteiger partial charge in [0.2, 0.25) is 5.91 Å². The summed E-state index contributed by atoms with van der Waals surface area (Å²) in [6.45, 7) is 3.99. The van der Waals surface area contributed by atoms with E-state index in [0.29, 0.717) is 19.1 Å². The summed E-state index contributed by atoms with van der Waals surface area (Å²) in [5, 5.41) is 3.33. The fourth-order valence-corrected chi connectivity index (χ4v) is 4.48. The molecule has 1 amide bonds. The van der Waals surface area contributed by atoms with Crippen LogP contribution < -0.4 is 5.32 Å². The molecule has 4 rings (SSSR count). The molecule has 2 aromatic heterocycles. The molecule has 0 unspecified atom stereocenters. The van der Waals surface area contributed by atoms with E-state index in [2.05, 4.69) is 29.3 Å². The Hall–Kier alpha value is -1.59. The molecular formula is C20H26N2O2S. The quantitative estimate of drug-likeness (QED) is 0.738. The molecule has 0 aliphatic heterocycles. The zero-order valence-electron chi connectivity index (χ0n) is 14.7. The van der Waals surface area contributed by atoms with Crippen LogP contribution in [0.3, 0.4) is 0 Å². The van der Waals surface area contributed by atoms with Crippen LogP contribution in [-0.2, 0) is 17.9 Å². The van der Waals surface area contributed by atoms with E-state index in [1.54, 1.807) is 17.6 Å². The highest BCUT2D eigenvalue weighted by Gasteiger charge is 2.42. The second-order valence-corrected chi connectivity index (χ2v) is 8.88. The van der Waals surface area contributed by atoms with E-state index < -0.39 is 0 Å². The van der Waals surface area contributed by atoms with Crippen LogP contribution in [0.15, 0.2) is 34.9 Å². The first-order valence-corrected chi connectivity index (χ1v) is 10.1. The van der Waals surface area contributed by atoms with Crippen molar-refractivity contribution in [2.75, 3.05) is 6.54 Å². The van der Waals surface area contributed by atoms with E-state index in [9.17, 15) is 4.79 Å². The lowest BCUT2D eigenvalue weighted by Gasteiger charge is -2.23. The van der Waals surface area contributed by atoms with Gasteiger partial charge in [-0.2, -0.15) is 0 Å². The highest BCUT2D eigenvalue weighted by Crippen LogP contribution is 2.44. The highest BCUT2D eigenvalue weighted by molar-refractivity contribution is 7.11. The monoisotopic (exact) mass is 358 g/mol. The molecular weight excluding hydrogens is 332 g/mol. The summed E-state index contributed by atoms with van der Waals surface area (Å²) in [4.78, 5) is 17.4. The van der Waals surface area contributed by atoms with Crippen LogP contribution in [-0.4, -0.2) is 23.4 Å². The molecule has 4 nitrogen and oxygen atoms in total. The summed E-state index contributed by atoms with van der Waals surface area (Å²) in [5.74, 6) is 2.52. The second kappa shape index (κ2) is 7.34. The van der Waals surface area contributed by atoms with Gasteiger partial charge in [0.25, 0.3) is 0 Å². The summed E-state index contributed by atoms with van der Waals surface area (Å²) in [5.41, 5.74) is 0. The Bertz CT molecular complexity index is 689. The zero-order valence-corrected chi connectivity index (χ0v) is 15.6. The first-order chi connectivity index (χ1) is 12.2. The molecule has 0 aromatic carbocycles. The molecule has 2 aliphatic rings. The maximum Gasteiger partial charge on any atom is 0.234 e. The molecule has 0 radical (unpaired) electrons. The van der Waals surface area contributed by atoms with Crippen LogP contribution in [0.5, 0.6) is 0 Å². The van der Waals surface area contributed by atoms with Crippen molar-refractivity contribution in [3.8, 4) is 0 Å². The van der Waals surface area contributed by atoms with Gasteiger partial charge >= 0.3 is 0 Å². The Balaban J connectivity index is 1.38. The highest BCUT2D eigenvalue weighted by atomic mass is 32.1. The molecule has 1 N–H and O–H groups in total. The van der Waals surface area contributed by atoms with Gasteiger partial charge in [-0.3, -0.25) is 9.69 Å². The summed E-state index contributed by atoms with van der Waals surface area (Å²) in [7, 11) is 0. The number of thiophene rings is 1. The van der Waals surface area contributed by atoms with Gasteiger partial charge in [0.1, 0.15) is 5.76 Å². The molecule has 2 saturated carbocycles. The molecule has 2 fully saturated rings. The van der Waals surface area contributed by atoms with E-state index in [1.165, 1.54) is 35.4 Å². The molecule has 0 atom stereocenters. The Labute approximate surface area is 153 Å². The van der Waals surface area contributed by atoms with E-state index >= 15 is 0 Å². The van der Waals surface area contributed by atoms with Crippen LogP contribution in [0.25, 0.3) is 0 Å². The fourth-order valence-electron chi connectivity index (χ4n) is 3.55. The first kappa shape index (κ1) is 16.9. The molecule has 0 spiro atoms. The molecule has 2 aliphatic carbocycles. The standard InChI is InChI=1S/C20H26N2O2S/c1-14-4-9-18(25-14)12-22(11-17-3-2-10-24-17)13-19(23)21-20(15-5-6-15)16-7-8-16/h2-4,9-10,15-16,20H,5-8,11-13H2,1H3,(H,21,23). The number of amides is 1.